The van der Waals surface area contributed by atoms with Gasteiger partial charge in [0.1, 0.15) is 18.4 Å². The number of benzene rings is 3. The Morgan fingerprint density at radius 2 is 1.75 bits per heavy atom. The normalized spacial score (nSPS) is 15.1. The lowest BCUT2D eigenvalue weighted by atomic mass is 10.2. The number of nitrogens with one attached hydrogen (secondary N) is 2. The maximum Gasteiger partial charge on any atom is 0.293 e. The molecule has 0 spiro atoms. The molecule has 0 saturated carbocycles. The van der Waals surface area contributed by atoms with Gasteiger partial charge in [-0.15, -0.1) is 0 Å². The van der Waals surface area contributed by atoms with Crippen LogP contribution in [0.5, 0.6) is 11.5 Å². The SMILES string of the molecule is O=[N+]([O-])c1cc(S(=O)(=O)Nc2ccccc2Cl)ccc1NCC1COc2ccccc2O1. The molecule has 9 nitrogen and oxygen atoms in total. The molecule has 0 amide bonds. The number of hydrogen-bond donors (Lipinski definition) is 2. The molecule has 3 aromatic carbocycles. The van der Waals surface area contributed by atoms with Gasteiger partial charge in [-0.1, -0.05) is 35.9 Å². The number of nitro benzene ring substituents is 1. The summed E-state index contributed by atoms with van der Waals surface area (Å²) >= 11 is 6.00. The van der Waals surface area contributed by atoms with Crippen LogP contribution in [-0.2, 0) is 10.0 Å². The van der Waals surface area contributed by atoms with Gasteiger partial charge in [-0.3, -0.25) is 14.8 Å². The number of sulfonamides is 1. The van der Waals surface area contributed by atoms with Crippen LogP contribution in [0.15, 0.2) is 71.6 Å². The van der Waals surface area contributed by atoms with Crippen molar-refractivity contribution in [3.8, 4) is 11.5 Å². The van der Waals surface area contributed by atoms with E-state index in [2.05, 4.69) is 10.0 Å². The highest BCUT2D eigenvalue weighted by Crippen LogP contribution is 2.32. The van der Waals surface area contributed by atoms with E-state index in [1.165, 1.54) is 24.3 Å². The molecule has 0 bridgehead atoms. The second-order valence-corrected chi connectivity index (χ2v) is 8.99. The summed E-state index contributed by atoms with van der Waals surface area (Å²) in [6.07, 6.45) is -0.380. The predicted octanol–water partition coefficient (Wildman–Crippen LogP) is 4.30. The number of rotatable bonds is 7. The molecule has 0 radical (unpaired) electrons. The molecule has 1 atom stereocenters. The lowest BCUT2D eigenvalue weighted by Crippen LogP contribution is -2.35. The van der Waals surface area contributed by atoms with Crippen molar-refractivity contribution in [2.75, 3.05) is 23.2 Å². The summed E-state index contributed by atoms with van der Waals surface area (Å²) in [4.78, 5) is 10.7. The van der Waals surface area contributed by atoms with Gasteiger partial charge in [0, 0.05) is 6.07 Å². The predicted molar refractivity (Wildman–Crippen MR) is 120 cm³/mol. The van der Waals surface area contributed by atoms with Crippen molar-refractivity contribution in [2.24, 2.45) is 0 Å². The molecule has 0 saturated heterocycles. The fourth-order valence-electron chi connectivity index (χ4n) is 3.11. The highest BCUT2D eigenvalue weighted by molar-refractivity contribution is 7.92. The number of halogens is 1. The minimum absolute atomic E-state index is 0.161. The van der Waals surface area contributed by atoms with E-state index in [1.54, 1.807) is 24.3 Å². The molecule has 1 unspecified atom stereocenters. The van der Waals surface area contributed by atoms with Crippen molar-refractivity contribution < 1.29 is 22.8 Å². The van der Waals surface area contributed by atoms with Crippen molar-refractivity contribution in [1.29, 1.82) is 0 Å². The van der Waals surface area contributed by atoms with Gasteiger partial charge < -0.3 is 14.8 Å². The summed E-state index contributed by atoms with van der Waals surface area (Å²) < 4.78 is 39.2. The fourth-order valence-corrected chi connectivity index (χ4v) is 4.45. The number of nitro groups is 1. The minimum atomic E-state index is -4.09. The van der Waals surface area contributed by atoms with Crippen molar-refractivity contribution in [3.05, 3.63) is 81.9 Å². The van der Waals surface area contributed by atoms with Crippen molar-refractivity contribution in [1.82, 2.24) is 0 Å². The third-order valence-corrected chi connectivity index (χ3v) is 6.37. The molecule has 0 aliphatic carbocycles. The Morgan fingerprint density at radius 1 is 1.03 bits per heavy atom. The molecule has 166 valence electrons. The summed E-state index contributed by atoms with van der Waals surface area (Å²) in [5.41, 5.74) is -0.0490. The zero-order valence-corrected chi connectivity index (χ0v) is 18.1. The Morgan fingerprint density at radius 3 is 2.50 bits per heavy atom. The average Bonchev–Trinajstić information content (AvgIpc) is 2.78. The third kappa shape index (κ3) is 4.71. The fraction of sp³-hybridized carbons (Fsp3) is 0.143. The molecule has 32 heavy (non-hydrogen) atoms. The van der Waals surface area contributed by atoms with Gasteiger partial charge in [-0.2, -0.15) is 0 Å². The van der Waals surface area contributed by atoms with Crippen molar-refractivity contribution >= 4 is 38.7 Å². The largest absolute Gasteiger partial charge is 0.486 e. The molecule has 4 rings (SSSR count). The standard InChI is InChI=1S/C21H18ClN3O6S/c22-16-5-1-2-6-17(16)24-32(28,29)15-9-10-18(19(11-15)25(26)27)23-12-14-13-30-20-7-3-4-8-21(20)31-14/h1-11,14,23-24H,12-13H2. The maximum absolute atomic E-state index is 12.7. The Bertz CT molecular complexity index is 1270. The van der Waals surface area contributed by atoms with Gasteiger partial charge in [-0.05, 0) is 36.4 Å². The maximum atomic E-state index is 12.7. The Kier molecular flexibility index (Phi) is 6.06. The van der Waals surface area contributed by atoms with E-state index in [0.29, 0.717) is 11.5 Å². The highest BCUT2D eigenvalue weighted by Gasteiger charge is 2.24. The van der Waals surface area contributed by atoms with Crippen LogP contribution >= 0.6 is 11.6 Å². The van der Waals surface area contributed by atoms with Crippen LogP contribution in [0, 0.1) is 10.1 Å². The number of hydrogen-bond acceptors (Lipinski definition) is 7. The van der Waals surface area contributed by atoms with Crippen LogP contribution in [0.3, 0.4) is 0 Å². The zero-order chi connectivity index (χ0) is 22.7. The van der Waals surface area contributed by atoms with E-state index in [4.69, 9.17) is 21.1 Å². The molecular weight excluding hydrogens is 458 g/mol. The van der Waals surface area contributed by atoms with E-state index in [9.17, 15) is 18.5 Å². The van der Waals surface area contributed by atoms with E-state index in [1.807, 2.05) is 12.1 Å². The molecule has 1 aliphatic heterocycles. The summed E-state index contributed by atoms with van der Waals surface area (Å²) in [5, 5.41) is 14.8. The molecule has 11 heteroatoms. The van der Waals surface area contributed by atoms with Gasteiger partial charge in [0.2, 0.25) is 0 Å². The van der Waals surface area contributed by atoms with Gasteiger partial charge in [0.05, 0.1) is 27.1 Å². The zero-order valence-electron chi connectivity index (χ0n) is 16.5. The van der Waals surface area contributed by atoms with Gasteiger partial charge in [0.25, 0.3) is 15.7 Å². The smallest absolute Gasteiger partial charge is 0.293 e. The molecule has 0 fully saturated rings. The van der Waals surface area contributed by atoms with Crippen molar-refractivity contribution in [2.45, 2.75) is 11.0 Å². The van der Waals surface area contributed by atoms with Gasteiger partial charge in [-0.25, -0.2) is 8.42 Å². The number of anilines is 2. The molecule has 0 aromatic heterocycles. The van der Waals surface area contributed by atoms with Gasteiger partial charge >= 0.3 is 0 Å². The first-order chi connectivity index (χ1) is 15.3. The average molecular weight is 476 g/mol. The van der Waals surface area contributed by atoms with E-state index in [-0.39, 0.29) is 46.2 Å². The number of fused-ring (bicyclic) bond motifs is 1. The summed E-state index contributed by atoms with van der Waals surface area (Å²) in [6.45, 7) is 0.491. The van der Waals surface area contributed by atoms with Crippen LogP contribution in [-0.4, -0.2) is 32.6 Å². The van der Waals surface area contributed by atoms with E-state index in [0.717, 1.165) is 6.07 Å². The summed E-state index contributed by atoms with van der Waals surface area (Å²) in [5.74, 6) is 1.22. The molecular formula is C21H18ClN3O6S. The van der Waals surface area contributed by atoms with Crippen LogP contribution in [0.25, 0.3) is 0 Å². The number of ether oxygens (including phenoxy) is 2. The summed E-state index contributed by atoms with van der Waals surface area (Å²) in [6, 6.07) is 17.1. The Hall–Kier alpha value is -3.50. The first-order valence-electron chi connectivity index (χ1n) is 9.51. The first kappa shape index (κ1) is 21.7. The second-order valence-electron chi connectivity index (χ2n) is 6.90. The Balaban J connectivity index is 1.51. The number of para-hydroxylation sites is 3. The van der Waals surface area contributed by atoms with E-state index >= 15 is 0 Å². The molecule has 1 aliphatic rings. The topological polar surface area (TPSA) is 120 Å². The van der Waals surface area contributed by atoms with Crippen LogP contribution < -0.4 is 19.5 Å². The molecule has 1 heterocycles. The molecule has 3 aromatic rings. The third-order valence-electron chi connectivity index (χ3n) is 4.68. The Labute approximate surface area is 189 Å². The van der Waals surface area contributed by atoms with Crippen LogP contribution in [0.1, 0.15) is 0 Å². The van der Waals surface area contributed by atoms with E-state index < -0.39 is 14.9 Å². The first-order valence-corrected chi connectivity index (χ1v) is 11.4. The quantitative estimate of drug-likeness (QED) is 0.386. The van der Waals surface area contributed by atoms with Crippen LogP contribution in [0.2, 0.25) is 5.02 Å². The van der Waals surface area contributed by atoms with Gasteiger partial charge in [0.15, 0.2) is 11.5 Å². The minimum Gasteiger partial charge on any atom is -0.486 e. The number of nitrogens with zero attached hydrogens (tertiary/aromatic N) is 1. The monoisotopic (exact) mass is 475 g/mol. The lowest BCUT2D eigenvalue weighted by Gasteiger charge is -2.26. The molecule has 2 N–H and O–H groups in total. The van der Waals surface area contributed by atoms with Crippen LogP contribution in [0.4, 0.5) is 17.1 Å². The highest BCUT2D eigenvalue weighted by atomic mass is 35.5. The summed E-state index contributed by atoms with van der Waals surface area (Å²) in [7, 11) is -4.09. The second kappa shape index (κ2) is 8.93. The lowest BCUT2D eigenvalue weighted by molar-refractivity contribution is -0.384. The van der Waals surface area contributed by atoms with Crippen molar-refractivity contribution in [3.63, 3.8) is 0 Å².